The largest absolute Gasteiger partial charge is 0.445 e. The van der Waals surface area contributed by atoms with E-state index in [2.05, 4.69) is 4.98 Å². The lowest BCUT2D eigenvalue weighted by atomic mass is 10.2. The van der Waals surface area contributed by atoms with Gasteiger partial charge in [-0.2, -0.15) is 8.42 Å². The number of oxazole rings is 1. The van der Waals surface area contributed by atoms with Gasteiger partial charge in [-0.3, -0.25) is 4.18 Å². The molecular weight excluding hydrogens is 406 g/mol. The number of benzene rings is 2. The molecule has 0 unspecified atom stereocenters. The molecule has 0 aliphatic rings. The van der Waals surface area contributed by atoms with E-state index in [1.54, 1.807) is 6.26 Å². The Morgan fingerprint density at radius 1 is 1.07 bits per heavy atom. The molecule has 0 radical (unpaired) electrons. The minimum absolute atomic E-state index is 0.139. The predicted molar refractivity (Wildman–Crippen MR) is 117 cm³/mol. The van der Waals surface area contributed by atoms with Crippen molar-refractivity contribution in [2.45, 2.75) is 29.7 Å². The van der Waals surface area contributed by atoms with Crippen molar-refractivity contribution < 1.29 is 17.0 Å². The monoisotopic (exact) mass is 429 g/mol. The molecule has 0 aliphatic heterocycles. The first kappa shape index (κ1) is 21.4. The van der Waals surface area contributed by atoms with Crippen molar-refractivity contribution in [3.05, 3.63) is 83.6 Å². The molecule has 29 heavy (non-hydrogen) atoms. The number of nitrogens with zero attached hydrogens (tertiary/aromatic N) is 1. The molecule has 3 rings (SSSR count). The molecule has 0 amide bonds. The lowest BCUT2D eigenvalue weighted by Crippen LogP contribution is -2.10. The number of aromatic nitrogens is 1. The van der Waals surface area contributed by atoms with Gasteiger partial charge in [-0.15, -0.1) is 11.8 Å². The summed E-state index contributed by atoms with van der Waals surface area (Å²) >= 11 is 1.53. The van der Waals surface area contributed by atoms with Crippen LogP contribution in [0, 0.1) is 0 Å². The van der Waals surface area contributed by atoms with Crippen LogP contribution in [0.15, 0.2) is 70.2 Å². The van der Waals surface area contributed by atoms with Crippen LogP contribution in [0.4, 0.5) is 0 Å². The molecule has 0 saturated carbocycles. The summed E-state index contributed by atoms with van der Waals surface area (Å²) in [4.78, 5) is 5.36. The van der Waals surface area contributed by atoms with Gasteiger partial charge in [0.15, 0.2) is 0 Å². The number of hydrogen-bond donors (Lipinski definition) is 0. The SMILES string of the molecule is CCCOS(=O)(=O)Cc1ccccc1SCc1coc(C=Cc2ccccc2)n1. The molecule has 0 fully saturated rings. The maximum Gasteiger partial charge on any atom is 0.271 e. The Hall–Kier alpha value is -2.35. The van der Waals surface area contributed by atoms with Crippen molar-refractivity contribution in [3.8, 4) is 0 Å². The maximum atomic E-state index is 12.1. The molecule has 1 aromatic heterocycles. The van der Waals surface area contributed by atoms with Gasteiger partial charge in [-0.05, 0) is 29.7 Å². The van der Waals surface area contributed by atoms with Crippen LogP contribution in [0.3, 0.4) is 0 Å². The topological polar surface area (TPSA) is 69.4 Å². The predicted octanol–water partition coefficient (Wildman–Crippen LogP) is 5.39. The molecule has 0 aliphatic carbocycles. The van der Waals surface area contributed by atoms with Crippen molar-refractivity contribution >= 4 is 34.0 Å². The van der Waals surface area contributed by atoms with Crippen LogP contribution >= 0.6 is 11.8 Å². The summed E-state index contributed by atoms with van der Waals surface area (Å²) in [7, 11) is -3.59. The van der Waals surface area contributed by atoms with E-state index < -0.39 is 10.1 Å². The Balaban J connectivity index is 1.62. The zero-order chi connectivity index (χ0) is 20.5. The van der Waals surface area contributed by atoms with Crippen LogP contribution in [0.5, 0.6) is 0 Å². The zero-order valence-corrected chi connectivity index (χ0v) is 17.8. The minimum Gasteiger partial charge on any atom is -0.445 e. The first-order valence-electron chi connectivity index (χ1n) is 9.31. The highest BCUT2D eigenvalue weighted by atomic mass is 32.2. The van der Waals surface area contributed by atoms with Gasteiger partial charge in [0.05, 0.1) is 12.3 Å². The van der Waals surface area contributed by atoms with Crippen molar-refractivity contribution in [2.75, 3.05) is 6.61 Å². The van der Waals surface area contributed by atoms with Gasteiger partial charge in [0.2, 0.25) is 5.89 Å². The first-order valence-corrected chi connectivity index (χ1v) is 11.9. The third-order valence-corrected chi connectivity index (χ3v) is 6.27. The fourth-order valence-corrected chi connectivity index (χ4v) is 4.72. The molecular formula is C22H23NO4S2. The average molecular weight is 430 g/mol. The van der Waals surface area contributed by atoms with Gasteiger partial charge in [0.1, 0.15) is 12.0 Å². The summed E-state index contributed by atoms with van der Waals surface area (Å²) in [5, 5.41) is 0. The van der Waals surface area contributed by atoms with E-state index in [4.69, 9.17) is 8.60 Å². The fourth-order valence-electron chi connectivity index (χ4n) is 2.56. The Morgan fingerprint density at radius 2 is 1.83 bits per heavy atom. The van der Waals surface area contributed by atoms with Crippen LogP contribution in [0.1, 0.15) is 36.1 Å². The molecule has 5 nitrogen and oxygen atoms in total. The van der Waals surface area contributed by atoms with Crippen LogP contribution < -0.4 is 0 Å². The third kappa shape index (κ3) is 6.88. The smallest absolute Gasteiger partial charge is 0.271 e. The van der Waals surface area contributed by atoms with Crippen molar-refractivity contribution in [1.29, 1.82) is 0 Å². The number of hydrogen-bond acceptors (Lipinski definition) is 6. The van der Waals surface area contributed by atoms with Crippen molar-refractivity contribution in [1.82, 2.24) is 4.98 Å². The average Bonchev–Trinajstić information content (AvgIpc) is 3.19. The summed E-state index contributed by atoms with van der Waals surface area (Å²) < 4.78 is 34.7. The maximum absolute atomic E-state index is 12.1. The Labute approximate surface area is 175 Å². The molecule has 2 aromatic carbocycles. The highest BCUT2D eigenvalue weighted by Crippen LogP contribution is 2.28. The summed E-state index contributed by atoms with van der Waals surface area (Å²) in [6, 6.07) is 17.4. The van der Waals surface area contributed by atoms with Gasteiger partial charge in [-0.25, -0.2) is 4.98 Å². The molecule has 7 heteroatoms. The van der Waals surface area contributed by atoms with Gasteiger partial charge in [-0.1, -0.05) is 55.5 Å². The minimum atomic E-state index is -3.59. The second-order valence-electron chi connectivity index (χ2n) is 6.34. The number of rotatable bonds is 10. The third-order valence-electron chi connectivity index (χ3n) is 3.93. The lowest BCUT2D eigenvalue weighted by molar-refractivity contribution is 0.317. The first-order chi connectivity index (χ1) is 14.1. The van der Waals surface area contributed by atoms with E-state index in [-0.39, 0.29) is 12.4 Å². The summed E-state index contributed by atoms with van der Waals surface area (Å²) in [5.41, 5.74) is 2.59. The number of thioether (sulfide) groups is 1. The molecule has 0 saturated heterocycles. The Kier molecular flexibility index (Phi) is 7.69. The molecule has 0 spiro atoms. The molecule has 0 bridgehead atoms. The van der Waals surface area contributed by atoms with Crippen LogP contribution in [0.25, 0.3) is 12.2 Å². The highest BCUT2D eigenvalue weighted by Gasteiger charge is 2.15. The Bertz CT molecular complexity index is 1040. The second-order valence-corrected chi connectivity index (χ2v) is 9.00. The summed E-state index contributed by atoms with van der Waals surface area (Å²) in [6.07, 6.45) is 6.05. The van der Waals surface area contributed by atoms with Gasteiger partial charge >= 0.3 is 0 Å². The second kappa shape index (κ2) is 10.4. The van der Waals surface area contributed by atoms with Gasteiger partial charge in [0.25, 0.3) is 10.1 Å². The summed E-state index contributed by atoms with van der Waals surface area (Å²) in [6.45, 7) is 2.08. The Morgan fingerprint density at radius 3 is 2.62 bits per heavy atom. The highest BCUT2D eigenvalue weighted by molar-refractivity contribution is 7.98. The molecule has 3 aromatic rings. The van der Waals surface area contributed by atoms with Crippen molar-refractivity contribution in [3.63, 3.8) is 0 Å². The van der Waals surface area contributed by atoms with Crippen LogP contribution in [0.2, 0.25) is 0 Å². The summed E-state index contributed by atoms with van der Waals surface area (Å²) in [5.74, 6) is 0.976. The van der Waals surface area contributed by atoms with Crippen LogP contribution in [-0.2, 0) is 25.8 Å². The fraction of sp³-hybridized carbons (Fsp3) is 0.227. The molecule has 152 valence electrons. The van der Waals surface area contributed by atoms with E-state index in [0.29, 0.717) is 18.1 Å². The lowest BCUT2D eigenvalue weighted by Gasteiger charge is -2.09. The van der Waals surface area contributed by atoms with Gasteiger partial charge in [0, 0.05) is 16.7 Å². The standard InChI is InChI=1S/C22H23NO4S2/c1-2-14-27-29(24,25)17-19-10-6-7-11-21(19)28-16-20-15-26-22(23-20)13-12-18-8-4-3-5-9-18/h3-13,15H,2,14,16-17H2,1H3. The van der Waals surface area contributed by atoms with Crippen molar-refractivity contribution in [2.24, 2.45) is 0 Å². The molecule has 0 N–H and O–H groups in total. The molecule has 1 heterocycles. The normalized spacial score (nSPS) is 11.9. The zero-order valence-electron chi connectivity index (χ0n) is 16.2. The van der Waals surface area contributed by atoms with Crippen LogP contribution in [-0.4, -0.2) is 20.0 Å². The van der Waals surface area contributed by atoms with E-state index in [0.717, 1.165) is 21.7 Å². The molecule has 0 atom stereocenters. The van der Waals surface area contributed by atoms with E-state index in [9.17, 15) is 8.42 Å². The van der Waals surface area contributed by atoms with E-state index in [1.807, 2.05) is 73.7 Å². The van der Waals surface area contributed by atoms with E-state index in [1.165, 1.54) is 11.8 Å². The quantitative estimate of drug-likeness (QED) is 0.318. The van der Waals surface area contributed by atoms with E-state index >= 15 is 0 Å². The van der Waals surface area contributed by atoms with Gasteiger partial charge < -0.3 is 4.42 Å².